The zero-order valence-electron chi connectivity index (χ0n) is 14.6. The first-order valence-electron chi connectivity index (χ1n) is 8.54. The van der Waals surface area contributed by atoms with Crippen LogP contribution in [-0.2, 0) is 0 Å². The van der Waals surface area contributed by atoms with Crippen molar-refractivity contribution in [3.05, 3.63) is 66.4 Å². The molecule has 25 heavy (non-hydrogen) atoms. The van der Waals surface area contributed by atoms with Gasteiger partial charge in [-0.2, -0.15) is 0 Å². The summed E-state index contributed by atoms with van der Waals surface area (Å²) in [7, 11) is 1.81. The molecule has 0 aliphatic carbocycles. The summed E-state index contributed by atoms with van der Waals surface area (Å²) in [6.45, 7) is 2.82. The molecule has 0 unspecified atom stereocenters. The van der Waals surface area contributed by atoms with Crippen molar-refractivity contribution >= 4 is 5.91 Å². The number of hydrogen-bond acceptors (Lipinski definition) is 3. The van der Waals surface area contributed by atoms with Crippen molar-refractivity contribution in [3.8, 4) is 16.9 Å². The number of rotatable bonds is 6. The second-order valence-corrected chi connectivity index (χ2v) is 5.98. The number of nitrogens with zero attached hydrogens (tertiary/aromatic N) is 4. The van der Waals surface area contributed by atoms with E-state index >= 15 is 0 Å². The first kappa shape index (κ1) is 16.9. The Morgan fingerprint density at radius 1 is 1.04 bits per heavy atom. The molecule has 1 heterocycles. The molecule has 0 bridgehead atoms. The van der Waals surface area contributed by atoms with Gasteiger partial charge in [-0.3, -0.25) is 4.79 Å². The third-order valence-corrected chi connectivity index (χ3v) is 4.11. The molecule has 0 saturated heterocycles. The Kier molecular flexibility index (Phi) is 5.23. The molecule has 0 radical (unpaired) electrons. The summed E-state index contributed by atoms with van der Waals surface area (Å²) in [6, 6.07) is 19.6. The Morgan fingerprint density at radius 3 is 2.32 bits per heavy atom. The van der Waals surface area contributed by atoms with Crippen LogP contribution in [0.1, 0.15) is 30.3 Å². The van der Waals surface area contributed by atoms with Gasteiger partial charge in [0.15, 0.2) is 5.69 Å². The van der Waals surface area contributed by atoms with Crippen LogP contribution in [0.25, 0.3) is 16.9 Å². The first-order chi connectivity index (χ1) is 12.2. The van der Waals surface area contributed by atoms with Gasteiger partial charge in [-0.05, 0) is 18.6 Å². The van der Waals surface area contributed by atoms with Gasteiger partial charge in [-0.15, -0.1) is 5.10 Å². The number of unbranched alkanes of at least 4 members (excludes halogenated alkanes) is 1. The number of hydrogen-bond donors (Lipinski definition) is 0. The van der Waals surface area contributed by atoms with Crippen LogP contribution >= 0.6 is 0 Å². The lowest BCUT2D eigenvalue weighted by Gasteiger charge is -2.16. The molecule has 128 valence electrons. The summed E-state index contributed by atoms with van der Waals surface area (Å²) in [6.07, 6.45) is 2.01. The highest BCUT2D eigenvalue weighted by Crippen LogP contribution is 2.26. The third-order valence-electron chi connectivity index (χ3n) is 4.11. The van der Waals surface area contributed by atoms with Crippen LogP contribution in [0.4, 0.5) is 0 Å². The van der Waals surface area contributed by atoms with E-state index in [1.54, 1.807) is 9.58 Å². The summed E-state index contributed by atoms with van der Waals surface area (Å²) >= 11 is 0. The van der Waals surface area contributed by atoms with Crippen LogP contribution in [-0.4, -0.2) is 39.4 Å². The minimum atomic E-state index is -0.102. The molecular weight excluding hydrogens is 312 g/mol. The van der Waals surface area contributed by atoms with E-state index in [-0.39, 0.29) is 5.91 Å². The third kappa shape index (κ3) is 3.60. The maximum Gasteiger partial charge on any atom is 0.276 e. The van der Waals surface area contributed by atoms with Crippen LogP contribution < -0.4 is 0 Å². The minimum absolute atomic E-state index is 0.102. The molecule has 0 spiro atoms. The maximum absolute atomic E-state index is 12.9. The van der Waals surface area contributed by atoms with Gasteiger partial charge in [0.05, 0.1) is 5.69 Å². The zero-order chi connectivity index (χ0) is 17.6. The van der Waals surface area contributed by atoms with E-state index in [4.69, 9.17) is 0 Å². The van der Waals surface area contributed by atoms with E-state index in [0.717, 1.165) is 29.8 Å². The molecule has 0 atom stereocenters. The molecular formula is C20H22N4O. The van der Waals surface area contributed by atoms with Crippen molar-refractivity contribution in [2.45, 2.75) is 19.8 Å². The topological polar surface area (TPSA) is 51.0 Å². The predicted molar refractivity (Wildman–Crippen MR) is 98.7 cm³/mol. The standard InChI is InChI=1S/C20H22N4O/c1-3-4-15-23(2)20(25)18-19(16-11-7-5-8-12-16)24(22-21-18)17-13-9-6-10-14-17/h5-14H,3-4,15H2,1-2H3. The lowest BCUT2D eigenvalue weighted by atomic mass is 10.1. The number of aromatic nitrogens is 3. The Balaban J connectivity index is 2.08. The van der Waals surface area contributed by atoms with Crippen molar-refractivity contribution in [1.82, 2.24) is 19.9 Å². The van der Waals surface area contributed by atoms with Gasteiger partial charge >= 0.3 is 0 Å². The average molecular weight is 334 g/mol. The zero-order valence-corrected chi connectivity index (χ0v) is 14.6. The lowest BCUT2D eigenvalue weighted by molar-refractivity contribution is 0.0788. The van der Waals surface area contributed by atoms with Crippen molar-refractivity contribution in [3.63, 3.8) is 0 Å². The van der Waals surface area contributed by atoms with Crippen molar-refractivity contribution in [2.24, 2.45) is 0 Å². The first-order valence-corrected chi connectivity index (χ1v) is 8.54. The molecule has 0 N–H and O–H groups in total. The number of benzene rings is 2. The van der Waals surface area contributed by atoms with E-state index in [1.165, 1.54) is 0 Å². The van der Waals surface area contributed by atoms with Gasteiger partial charge in [0.1, 0.15) is 5.69 Å². The largest absolute Gasteiger partial charge is 0.340 e. The highest BCUT2D eigenvalue weighted by Gasteiger charge is 2.24. The van der Waals surface area contributed by atoms with Gasteiger partial charge in [0.2, 0.25) is 0 Å². The quantitative estimate of drug-likeness (QED) is 0.689. The summed E-state index contributed by atoms with van der Waals surface area (Å²) in [5.41, 5.74) is 2.90. The van der Waals surface area contributed by atoms with E-state index < -0.39 is 0 Å². The molecule has 5 heteroatoms. The van der Waals surface area contributed by atoms with Crippen LogP contribution in [0.2, 0.25) is 0 Å². The van der Waals surface area contributed by atoms with Crippen LogP contribution in [0.15, 0.2) is 60.7 Å². The van der Waals surface area contributed by atoms with Gasteiger partial charge < -0.3 is 4.90 Å². The Bertz CT molecular complexity index is 827. The molecule has 0 fully saturated rings. The van der Waals surface area contributed by atoms with Gasteiger partial charge in [-0.1, -0.05) is 67.1 Å². The maximum atomic E-state index is 12.9. The van der Waals surface area contributed by atoms with Crippen LogP contribution in [0, 0.1) is 0 Å². The predicted octanol–water partition coefficient (Wildman–Crippen LogP) is 3.81. The second kappa shape index (κ2) is 7.75. The number of carbonyl (C=O) groups is 1. The molecule has 3 aromatic rings. The van der Waals surface area contributed by atoms with Crippen molar-refractivity contribution < 1.29 is 4.79 Å². The summed E-state index contributed by atoms with van der Waals surface area (Å²) in [5, 5.41) is 8.49. The SMILES string of the molecule is CCCCN(C)C(=O)c1nnn(-c2ccccc2)c1-c1ccccc1. The highest BCUT2D eigenvalue weighted by atomic mass is 16.2. The Labute approximate surface area is 147 Å². The minimum Gasteiger partial charge on any atom is -0.340 e. The normalized spacial score (nSPS) is 10.6. The van der Waals surface area contributed by atoms with Gasteiger partial charge in [0.25, 0.3) is 5.91 Å². The summed E-state index contributed by atoms with van der Waals surface area (Å²) in [4.78, 5) is 14.6. The second-order valence-electron chi connectivity index (χ2n) is 5.98. The van der Waals surface area contributed by atoms with Gasteiger partial charge in [0, 0.05) is 19.2 Å². The van der Waals surface area contributed by atoms with E-state index in [2.05, 4.69) is 17.2 Å². The molecule has 1 aromatic heterocycles. The molecule has 5 nitrogen and oxygen atoms in total. The Hall–Kier alpha value is -2.95. The summed E-state index contributed by atoms with van der Waals surface area (Å²) in [5.74, 6) is -0.102. The molecule has 0 aliphatic heterocycles. The van der Waals surface area contributed by atoms with Crippen molar-refractivity contribution in [2.75, 3.05) is 13.6 Å². The average Bonchev–Trinajstić information content (AvgIpc) is 3.12. The number of amides is 1. The fourth-order valence-corrected chi connectivity index (χ4v) is 2.71. The highest BCUT2D eigenvalue weighted by molar-refractivity contribution is 5.98. The Morgan fingerprint density at radius 2 is 1.68 bits per heavy atom. The van der Waals surface area contributed by atoms with Crippen molar-refractivity contribution in [1.29, 1.82) is 0 Å². The number of carbonyl (C=O) groups excluding carboxylic acids is 1. The monoisotopic (exact) mass is 334 g/mol. The van der Waals surface area contributed by atoms with Crippen LogP contribution in [0.3, 0.4) is 0 Å². The molecule has 0 aliphatic rings. The van der Waals surface area contributed by atoms with E-state index in [0.29, 0.717) is 12.2 Å². The molecule has 1 amide bonds. The molecule has 0 saturated carbocycles. The van der Waals surface area contributed by atoms with E-state index in [1.807, 2.05) is 67.7 Å². The summed E-state index contributed by atoms with van der Waals surface area (Å²) < 4.78 is 1.73. The molecule has 2 aromatic carbocycles. The smallest absolute Gasteiger partial charge is 0.276 e. The van der Waals surface area contributed by atoms with E-state index in [9.17, 15) is 4.79 Å². The van der Waals surface area contributed by atoms with Crippen LogP contribution in [0.5, 0.6) is 0 Å². The lowest BCUT2D eigenvalue weighted by Crippen LogP contribution is -2.28. The fourth-order valence-electron chi connectivity index (χ4n) is 2.71. The fraction of sp³-hybridized carbons (Fsp3) is 0.250. The molecule has 3 rings (SSSR count). The van der Waals surface area contributed by atoms with Gasteiger partial charge in [-0.25, -0.2) is 4.68 Å². The number of para-hydroxylation sites is 1.